The van der Waals surface area contributed by atoms with E-state index in [9.17, 15) is 14.9 Å². The van der Waals surface area contributed by atoms with E-state index in [0.29, 0.717) is 42.5 Å². The van der Waals surface area contributed by atoms with Gasteiger partial charge in [0.05, 0.1) is 23.5 Å². The average Bonchev–Trinajstić information content (AvgIpc) is 2.97. The van der Waals surface area contributed by atoms with Crippen molar-refractivity contribution in [1.82, 2.24) is 14.5 Å². The quantitative estimate of drug-likeness (QED) is 0.553. The Morgan fingerprint density at radius 3 is 2.85 bits per heavy atom. The number of pyridine rings is 2. The van der Waals surface area contributed by atoms with Crippen LogP contribution in [0, 0.1) is 11.3 Å². The molecule has 2 aromatic heterocycles. The third-order valence-electron chi connectivity index (χ3n) is 6.27. The highest BCUT2D eigenvalue weighted by Crippen LogP contribution is 2.35. The van der Waals surface area contributed by atoms with Crippen LogP contribution in [-0.4, -0.2) is 46.1 Å². The lowest BCUT2D eigenvalue weighted by molar-refractivity contribution is 0.0645. The maximum absolute atomic E-state index is 12.9. The zero-order chi connectivity index (χ0) is 24.0. The summed E-state index contributed by atoms with van der Waals surface area (Å²) in [4.78, 5) is 31.4. The minimum absolute atomic E-state index is 0.0303. The molecule has 4 heterocycles. The van der Waals surface area contributed by atoms with E-state index in [1.165, 1.54) is 0 Å². The lowest BCUT2D eigenvalue weighted by Crippen LogP contribution is -2.42. The van der Waals surface area contributed by atoms with Crippen LogP contribution in [0.5, 0.6) is 5.75 Å². The van der Waals surface area contributed by atoms with E-state index in [0.717, 1.165) is 23.7 Å². The van der Waals surface area contributed by atoms with Gasteiger partial charge in [0.1, 0.15) is 22.5 Å². The Morgan fingerprint density at radius 2 is 2.15 bits per heavy atom. The molecule has 2 aliphatic rings. The second-order valence-corrected chi connectivity index (χ2v) is 8.94. The fraction of sp³-hybridized carbons (Fsp3) is 0.333. The number of aromatic nitrogens is 2. The molecule has 1 atom stereocenters. The van der Waals surface area contributed by atoms with Crippen molar-refractivity contribution in [2.75, 3.05) is 30.3 Å². The molecule has 3 aromatic rings. The van der Waals surface area contributed by atoms with E-state index in [4.69, 9.17) is 16.3 Å². The number of carbonyl (C=O) groups is 1. The van der Waals surface area contributed by atoms with E-state index in [2.05, 4.69) is 21.7 Å². The lowest BCUT2D eigenvalue weighted by Gasteiger charge is -2.30. The number of benzene rings is 1. The van der Waals surface area contributed by atoms with Crippen molar-refractivity contribution in [3.05, 3.63) is 51.0 Å². The number of halogens is 1. The standard InChI is InChI=1S/C24H23ClN6O3/c1-13-6-9-34-21-20(27-13)15-10-14(4-5-19(15)30(2)24(21)33)28-17-11-18(23(32)31-7-3-8-31)29-22(25)16(17)12-26/h4-5,10-11,13,27H,3,6-9H2,1-2H3,(H,28,29)/t13-/m0/s1. The molecule has 174 valence electrons. The normalized spacial score (nSPS) is 17.0. The van der Waals surface area contributed by atoms with Crippen LogP contribution in [0.3, 0.4) is 0 Å². The predicted molar refractivity (Wildman–Crippen MR) is 130 cm³/mol. The highest BCUT2D eigenvalue weighted by Gasteiger charge is 2.25. The Kier molecular flexibility index (Phi) is 5.54. The number of hydrogen-bond acceptors (Lipinski definition) is 7. The zero-order valence-corrected chi connectivity index (χ0v) is 19.6. The summed E-state index contributed by atoms with van der Waals surface area (Å²) in [6, 6.07) is 9.27. The van der Waals surface area contributed by atoms with Gasteiger partial charge >= 0.3 is 0 Å². The molecule has 0 spiro atoms. The van der Waals surface area contributed by atoms with E-state index < -0.39 is 0 Å². The van der Waals surface area contributed by atoms with Gasteiger partial charge in [0, 0.05) is 43.7 Å². The Hall–Kier alpha value is -3.77. The molecule has 5 rings (SSSR count). The van der Waals surface area contributed by atoms with E-state index >= 15 is 0 Å². The van der Waals surface area contributed by atoms with Crippen LogP contribution in [0.1, 0.15) is 35.8 Å². The number of nitriles is 1. The first-order valence-corrected chi connectivity index (χ1v) is 11.5. The van der Waals surface area contributed by atoms with Gasteiger partial charge in [-0.15, -0.1) is 0 Å². The Bertz CT molecular complexity index is 1420. The minimum atomic E-state index is -0.213. The molecule has 2 N–H and O–H groups in total. The van der Waals surface area contributed by atoms with Crippen molar-refractivity contribution < 1.29 is 9.53 Å². The molecule has 2 aliphatic heterocycles. The molecular formula is C24H23ClN6O3. The summed E-state index contributed by atoms with van der Waals surface area (Å²) < 4.78 is 7.36. The summed E-state index contributed by atoms with van der Waals surface area (Å²) >= 11 is 6.26. The fourth-order valence-corrected chi connectivity index (χ4v) is 4.43. The molecule has 1 fully saturated rings. The van der Waals surface area contributed by atoms with Gasteiger partial charge in [-0.2, -0.15) is 5.26 Å². The first kappa shape index (κ1) is 22.0. The number of nitrogens with zero attached hydrogens (tertiary/aromatic N) is 4. The largest absolute Gasteiger partial charge is 0.486 e. The number of amides is 1. The van der Waals surface area contributed by atoms with Gasteiger partial charge < -0.3 is 24.8 Å². The summed E-state index contributed by atoms with van der Waals surface area (Å²) in [5.41, 5.74) is 2.57. The van der Waals surface area contributed by atoms with Crippen molar-refractivity contribution in [3.8, 4) is 11.8 Å². The molecular weight excluding hydrogens is 456 g/mol. The van der Waals surface area contributed by atoms with E-state index in [1.54, 1.807) is 22.6 Å². The number of hydrogen-bond donors (Lipinski definition) is 2. The van der Waals surface area contributed by atoms with Crippen molar-refractivity contribution in [2.24, 2.45) is 7.05 Å². The number of fused-ring (bicyclic) bond motifs is 3. The number of nitrogens with one attached hydrogen (secondary N) is 2. The molecule has 34 heavy (non-hydrogen) atoms. The molecule has 10 heteroatoms. The maximum Gasteiger partial charge on any atom is 0.295 e. The average molecular weight is 479 g/mol. The number of ether oxygens (including phenoxy) is 1. The van der Waals surface area contributed by atoms with Crippen LogP contribution in [0.4, 0.5) is 17.1 Å². The van der Waals surface area contributed by atoms with Crippen molar-refractivity contribution in [3.63, 3.8) is 0 Å². The molecule has 0 bridgehead atoms. The number of aryl methyl sites for hydroxylation is 1. The van der Waals surface area contributed by atoms with Crippen LogP contribution >= 0.6 is 11.6 Å². The summed E-state index contributed by atoms with van der Waals surface area (Å²) in [5.74, 6) is 0.0819. The molecule has 1 amide bonds. The van der Waals surface area contributed by atoms with Crippen LogP contribution in [0.15, 0.2) is 29.1 Å². The molecule has 0 radical (unpaired) electrons. The summed E-state index contributed by atoms with van der Waals surface area (Å²) in [5, 5.41) is 17.0. The van der Waals surface area contributed by atoms with Crippen molar-refractivity contribution in [1.29, 1.82) is 5.26 Å². The molecule has 1 saturated heterocycles. The second kappa shape index (κ2) is 8.54. The van der Waals surface area contributed by atoms with Gasteiger partial charge in [0.25, 0.3) is 11.5 Å². The van der Waals surface area contributed by atoms with Gasteiger partial charge in [0.2, 0.25) is 5.75 Å². The van der Waals surface area contributed by atoms with E-state index in [-0.39, 0.29) is 33.9 Å². The fourth-order valence-electron chi connectivity index (χ4n) is 4.20. The first-order chi connectivity index (χ1) is 16.4. The third kappa shape index (κ3) is 3.70. The Morgan fingerprint density at radius 1 is 1.35 bits per heavy atom. The Balaban J connectivity index is 1.60. The maximum atomic E-state index is 12.9. The van der Waals surface area contributed by atoms with Crippen molar-refractivity contribution >= 4 is 45.5 Å². The minimum Gasteiger partial charge on any atom is -0.486 e. The smallest absolute Gasteiger partial charge is 0.295 e. The van der Waals surface area contributed by atoms with Crippen LogP contribution in [0.25, 0.3) is 10.9 Å². The Labute approximate surface area is 200 Å². The highest BCUT2D eigenvalue weighted by atomic mass is 35.5. The number of rotatable bonds is 3. The second-order valence-electron chi connectivity index (χ2n) is 8.59. The summed E-state index contributed by atoms with van der Waals surface area (Å²) in [7, 11) is 1.71. The summed E-state index contributed by atoms with van der Waals surface area (Å²) in [6.07, 6.45) is 1.73. The SMILES string of the molecule is C[C@H]1CCOc2c(c3cc(Nc4cc(C(=O)N5CCC5)nc(Cl)c4C#N)ccc3n(C)c2=O)N1. The number of carbonyl (C=O) groups excluding carboxylic acids is 1. The van der Waals surface area contributed by atoms with Gasteiger partial charge in [0.15, 0.2) is 0 Å². The van der Waals surface area contributed by atoms with Crippen LogP contribution in [-0.2, 0) is 7.05 Å². The van der Waals surface area contributed by atoms with Gasteiger partial charge in [-0.3, -0.25) is 9.59 Å². The molecule has 0 unspecified atom stereocenters. The molecule has 9 nitrogen and oxygen atoms in total. The number of likely N-dealkylation sites (tertiary alicyclic amines) is 1. The van der Waals surface area contributed by atoms with Crippen LogP contribution < -0.4 is 20.9 Å². The zero-order valence-electron chi connectivity index (χ0n) is 18.8. The summed E-state index contributed by atoms with van der Waals surface area (Å²) in [6.45, 7) is 3.86. The number of anilines is 3. The predicted octanol–water partition coefficient (Wildman–Crippen LogP) is 3.63. The monoisotopic (exact) mass is 478 g/mol. The topological polar surface area (TPSA) is 112 Å². The molecule has 0 saturated carbocycles. The van der Waals surface area contributed by atoms with Gasteiger partial charge in [-0.25, -0.2) is 4.98 Å². The lowest BCUT2D eigenvalue weighted by atomic mass is 10.1. The molecule has 1 aromatic carbocycles. The highest BCUT2D eigenvalue weighted by molar-refractivity contribution is 6.31. The van der Waals surface area contributed by atoms with Crippen molar-refractivity contribution in [2.45, 2.75) is 25.8 Å². The van der Waals surface area contributed by atoms with Crippen LogP contribution in [0.2, 0.25) is 5.15 Å². The van der Waals surface area contributed by atoms with Gasteiger partial charge in [-0.05, 0) is 37.6 Å². The third-order valence-corrected chi connectivity index (χ3v) is 6.54. The van der Waals surface area contributed by atoms with Gasteiger partial charge in [-0.1, -0.05) is 11.6 Å². The van der Waals surface area contributed by atoms with E-state index in [1.807, 2.05) is 25.1 Å². The molecule has 0 aliphatic carbocycles. The first-order valence-electron chi connectivity index (χ1n) is 11.1.